The molecule has 1 aliphatic heterocycles. The molecule has 0 bridgehead atoms. The van der Waals surface area contributed by atoms with Crippen LogP contribution in [-0.4, -0.2) is 34.4 Å². The molecular formula is C16H20O3S2. The molecule has 1 aliphatic rings. The predicted octanol–water partition coefficient (Wildman–Crippen LogP) is 3.63. The molecule has 21 heavy (non-hydrogen) atoms. The average molecular weight is 324 g/mol. The molecule has 1 saturated heterocycles. The lowest BCUT2D eigenvalue weighted by Crippen LogP contribution is -2.33. The summed E-state index contributed by atoms with van der Waals surface area (Å²) < 4.78 is 5.11. The van der Waals surface area contributed by atoms with E-state index in [9.17, 15) is 9.59 Å². The van der Waals surface area contributed by atoms with E-state index in [-0.39, 0.29) is 10.4 Å². The zero-order valence-electron chi connectivity index (χ0n) is 12.1. The molecule has 3 nitrogen and oxygen atoms in total. The fourth-order valence-corrected chi connectivity index (χ4v) is 5.22. The number of thioether (sulfide) groups is 2. The lowest BCUT2D eigenvalue weighted by atomic mass is 9.99. The third-order valence-corrected chi connectivity index (χ3v) is 6.32. The first-order chi connectivity index (χ1) is 10.2. The topological polar surface area (TPSA) is 43.4 Å². The van der Waals surface area contributed by atoms with Crippen molar-refractivity contribution in [1.82, 2.24) is 0 Å². The van der Waals surface area contributed by atoms with E-state index in [0.717, 1.165) is 24.3 Å². The molecule has 0 spiro atoms. The largest absolute Gasteiger partial charge is 0.465 e. The third kappa shape index (κ3) is 4.51. The van der Waals surface area contributed by atoms with Crippen molar-refractivity contribution in [2.45, 2.75) is 24.3 Å². The van der Waals surface area contributed by atoms with Crippen molar-refractivity contribution in [1.29, 1.82) is 0 Å². The average Bonchev–Trinajstić information content (AvgIpc) is 2.78. The third-order valence-electron chi connectivity index (χ3n) is 3.26. The summed E-state index contributed by atoms with van der Waals surface area (Å²) >= 11 is 3.42. The van der Waals surface area contributed by atoms with Crippen LogP contribution in [0.2, 0.25) is 0 Å². The van der Waals surface area contributed by atoms with Gasteiger partial charge in [-0.3, -0.25) is 9.59 Å². The van der Waals surface area contributed by atoms with Gasteiger partial charge in [-0.15, -0.1) is 23.5 Å². The molecule has 0 aliphatic carbocycles. The maximum absolute atomic E-state index is 12.7. The van der Waals surface area contributed by atoms with Crippen LogP contribution >= 0.6 is 23.5 Å². The smallest absolute Gasteiger partial charge is 0.318 e. The van der Waals surface area contributed by atoms with Crippen molar-refractivity contribution in [2.75, 3.05) is 18.1 Å². The first-order valence-electron chi connectivity index (χ1n) is 7.23. The second-order valence-electron chi connectivity index (χ2n) is 4.78. The van der Waals surface area contributed by atoms with Gasteiger partial charge in [0.25, 0.3) is 0 Å². The van der Waals surface area contributed by atoms with Gasteiger partial charge in [-0.2, -0.15) is 0 Å². The quantitative estimate of drug-likeness (QED) is 0.470. The van der Waals surface area contributed by atoms with Crippen LogP contribution in [-0.2, 0) is 9.53 Å². The lowest BCUT2D eigenvalue weighted by molar-refractivity contribution is -0.145. The molecule has 0 radical (unpaired) electrons. The van der Waals surface area contributed by atoms with Gasteiger partial charge in [0.1, 0.15) is 5.92 Å². The maximum Gasteiger partial charge on any atom is 0.318 e. The van der Waals surface area contributed by atoms with Gasteiger partial charge in [-0.1, -0.05) is 30.3 Å². The number of hydrogen-bond acceptors (Lipinski definition) is 5. The molecule has 1 atom stereocenters. The Morgan fingerprint density at radius 1 is 1.19 bits per heavy atom. The fraction of sp³-hybridized carbons (Fsp3) is 0.500. The first-order valence-corrected chi connectivity index (χ1v) is 9.33. The number of esters is 1. The van der Waals surface area contributed by atoms with E-state index in [1.807, 2.05) is 18.2 Å². The van der Waals surface area contributed by atoms with Crippen LogP contribution in [0.15, 0.2) is 30.3 Å². The highest BCUT2D eigenvalue weighted by Gasteiger charge is 2.37. The molecule has 1 fully saturated rings. The van der Waals surface area contributed by atoms with E-state index in [1.54, 1.807) is 42.6 Å². The van der Waals surface area contributed by atoms with Crippen LogP contribution in [0.25, 0.3) is 0 Å². The van der Waals surface area contributed by atoms with Crippen LogP contribution in [0.3, 0.4) is 0 Å². The van der Waals surface area contributed by atoms with Crippen molar-refractivity contribution in [2.24, 2.45) is 5.92 Å². The molecule has 0 unspecified atom stereocenters. The Labute approximate surface area is 134 Å². The highest BCUT2D eigenvalue weighted by atomic mass is 32.2. The number of benzene rings is 1. The Morgan fingerprint density at radius 3 is 2.38 bits per heavy atom. The van der Waals surface area contributed by atoms with E-state index < -0.39 is 11.9 Å². The maximum atomic E-state index is 12.7. The molecule has 114 valence electrons. The summed E-state index contributed by atoms with van der Waals surface area (Å²) in [5.74, 6) is 0.769. The lowest BCUT2D eigenvalue weighted by Gasteiger charge is -2.22. The number of rotatable bonds is 5. The van der Waals surface area contributed by atoms with E-state index in [1.165, 1.54) is 0 Å². The number of carbonyl (C=O) groups excluding carboxylic acids is 2. The summed E-state index contributed by atoms with van der Waals surface area (Å²) in [4.78, 5) is 25.0. The van der Waals surface area contributed by atoms with Gasteiger partial charge in [-0.05, 0) is 31.3 Å². The zero-order chi connectivity index (χ0) is 15.1. The van der Waals surface area contributed by atoms with Gasteiger partial charge in [0.2, 0.25) is 0 Å². The number of Topliss-reactive ketones (excluding diaryl/α,β-unsaturated/α-hetero) is 1. The van der Waals surface area contributed by atoms with Gasteiger partial charge < -0.3 is 4.74 Å². The van der Waals surface area contributed by atoms with Crippen LogP contribution in [0, 0.1) is 5.92 Å². The SMILES string of the molecule is CCOC(=O)[C@@H](C(=O)c1ccccc1)C1SCCCCS1. The summed E-state index contributed by atoms with van der Waals surface area (Å²) in [5, 5.41) is 0. The molecule has 0 aromatic heterocycles. The van der Waals surface area contributed by atoms with Gasteiger partial charge in [0.05, 0.1) is 11.2 Å². The van der Waals surface area contributed by atoms with Gasteiger partial charge in [0.15, 0.2) is 5.78 Å². The minimum absolute atomic E-state index is 0.0424. The van der Waals surface area contributed by atoms with Gasteiger partial charge in [-0.25, -0.2) is 0 Å². The molecule has 0 saturated carbocycles. The second-order valence-corrected chi connectivity index (χ2v) is 7.57. The highest BCUT2D eigenvalue weighted by molar-refractivity contribution is 8.17. The standard InChI is InChI=1S/C16H20O3S2/c1-2-19-15(18)13(16-20-10-6-7-11-21-16)14(17)12-8-4-3-5-9-12/h3-5,8-9,13,16H,2,6-7,10-11H2,1H3/t13-/m1/s1. The van der Waals surface area contributed by atoms with E-state index in [4.69, 9.17) is 4.74 Å². The molecule has 0 amide bonds. The zero-order valence-corrected chi connectivity index (χ0v) is 13.8. The van der Waals surface area contributed by atoms with Crippen molar-refractivity contribution in [3.8, 4) is 0 Å². The minimum Gasteiger partial charge on any atom is -0.465 e. The minimum atomic E-state index is -0.708. The summed E-state index contributed by atoms with van der Waals surface area (Å²) in [7, 11) is 0. The summed E-state index contributed by atoms with van der Waals surface area (Å²) in [6.07, 6.45) is 2.28. The monoisotopic (exact) mass is 324 g/mol. The predicted molar refractivity (Wildman–Crippen MR) is 88.8 cm³/mol. The molecule has 1 aromatic rings. The van der Waals surface area contributed by atoms with E-state index in [2.05, 4.69) is 0 Å². The van der Waals surface area contributed by atoms with Crippen molar-refractivity contribution < 1.29 is 14.3 Å². The summed E-state index contributed by atoms with van der Waals surface area (Å²) in [6, 6.07) is 9.04. The first kappa shape index (κ1) is 16.4. The van der Waals surface area contributed by atoms with E-state index in [0.29, 0.717) is 12.2 Å². The Morgan fingerprint density at radius 2 is 1.81 bits per heavy atom. The number of ketones is 1. The number of carbonyl (C=O) groups is 2. The van der Waals surface area contributed by atoms with Crippen molar-refractivity contribution >= 4 is 35.3 Å². The second kappa shape index (κ2) is 8.49. The molecule has 1 heterocycles. The Balaban J connectivity index is 2.22. The Kier molecular flexibility index (Phi) is 6.64. The Bertz CT molecular complexity index is 468. The van der Waals surface area contributed by atoms with Gasteiger partial charge in [0, 0.05) is 5.56 Å². The van der Waals surface area contributed by atoms with Crippen molar-refractivity contribution in [3.63, 3.8) is 0 Å². The van der Waals surface area contributed by atoms with Crippen LogP contribution in [0.5, 0.6) is 0 Å². The summed E-state index contributed by atoms with van der Waals surface area (Å²) in [5.41, 5.74) is 0.584. The van der Waals surface area contributed by atoms with Crippen LogP contribution in [0.1, 0.15) is 30.1 Å². The molecule has 1 aromatic carbocycles. The van der Waals surface area contributed by atoms with Crippen molar-refractivity contribution in [3.05, 3.63) is 35.9 Å². The normalized spacial score (nSPS) is 17.8. The molecular weight excluding hydrogens is 304 g/mol. The van der Waals surface area contributed by atoms with E-state index >= 15 is 0 Å². The molecule has 2 rings (SSSR count). The molecule has 5 heteroatoms. The highest BCUT2D eigenvalue weighted by Crippen LogP contribution is 2.37. The fourth-order valence-electron chi connectivity index (χ4n) is 2.20. The number of ether oxygens (including phenoxy) is 1. The Hall–Kier alpha value is -0.940. The molecule has 0 N–H and O–H groups in total. The van der Waals surface area contributed by atoms with Crippen LogP contribution < -0.4 is 0 Å². The van der Waals surface area contributed by atoms with Gasteiger partial charge >= 0.3 is 5.97 Å². The number of hydrogen-bond donors (Lipinski definition) is 0. The van der Waals surface area contributed by atoms with Crippen LogP contribution in [0.4, 0.5) is 0 Å². The summed E-state index contributed by atoms with van der Waals surface area (Å²) in [6.45, 7) is 2.08.